The molecule has 2 saturated heterocycles. The number of esters is 1. The zero-order chi connectivity index (χ0) is 29.1. The van der Waals surface area contributed by atoms with E-state index in [1.54, 1.807) is 0 Å². The van der Waals surface area contributed by atoms with E-state index in [2.05, 4.69) is 56.0 Å². The van der Waals surface area contributed by atoms with Crippen LogP contribution in [-0.2, 0) is 31.8 Å². The second-order valence-electron chi connectivity index (χ2n) is 12.2. The fourth-order valence-electron chi connectivity index (χ4n) is 7.57. The highest BCUT2D eigenvalue weighted by molar-refractivity contribution is 5.94. The average Bonchev–Trinajstić information content (AvgIpc) is 3.40. The smallest absolute Gasteiger partial charge is 0.345 e. The molecule has 41 heavy (non-hydrogen) atoms. The monoisotopic (exact) mass is 565 g/mol. The van der Waals surface area contributed by atoms with Crippen molar-refractivity contribution in [2.24, 2.45) is 17.8 Å². The van der Waals surface area contributed by atoms with Crippen LogP contribution >= 0.6 is 0 Å². The van der Waals surface area contributed by atoms with Gasteiger partial charge in [-0.3, -0.25) is 4.90 Å². The standard InChI is InChI=1S/C34H47NO6/c1-5-7-8-11-22-12-9-13-23(16-22)17-24-18-26(28(37)6-2)35-15-10-14-29-30(27(35)19-24)21(3)31(40-29)33-32(39-4)25(20-36)34(38)41-33/h9,12-14,16,21,24,26-28,30,36-37H,5-8,10-11,15,17-20H2,1-4H3. The summed E-state index contributed by atoms with van der Waals surface area (Å²) in [6, 6.07) is 9.39. The van der Waals surface area contributed by atoms with Gasteiger partial charge in [0.1, 0.15) is 11.3 Å². The summed E-state index contributed by atoms with van der Waals surface area (Å²) < 4.78 is 17.6. The van der Waals surface area contributed by atoms with E-state index in [1.165, 1.54) is 37.5 Å². The Balaban J connectivity index is 1.44. The van der Waals surface area contributed by atoms with Gasteiger partial charge in [0.15, 0.2) is 11.5 Å². The lowest BCUT2D eigenvalue weighted by Crippen LogP contribution is -2.56. The second kappa shape index (κ2) is 13.1. The Kier molecular flexibility index (Phi) is 9.57. The van der Waals surface area contributed by atoms with Crippen molar-refractivity contribution in [3.05, 3.63) is 70.1 Å². The van der Waals surface area contributed by atoms with Crippen LogP contribution in [0.2, 0.25) is 0 Å². The van der Waals surface area contributed by atoms with E-state index in [1.807, 2.05) is 0 Å². The van der Waals surface area contributed by atoms with Crippen LogP contribution in [0.5, 0.6) is 0 Å². The molecule has 1 aromatic rings. The predicted octanol–water partition coefficient (Wildman–Crippen LogP) is 5.41. The Labute approximate surface area is 244 Å². The van der Waals surface area contributed by atoms with Crippen molar-refractivity contribution in [1.82, 2.24) is 4.90 Å². The van der Waals surface area contributed by atoms with Crippen molar-refractivity contribution in [2.45, 2.75) is 96.7 Å². The van der Waals surface area contributed by atoms with Crippen molar-refractivity contribution >= 4 is 5.97 Å². The SMILES string of the molecule is CCCCCc1cccc(CC2CC(C(O)CC)N3CCC=C4OC(=C5OC(=O)C(CO)=C5OC)C(C)C4C3C2)c1. The average molecular weight is 566 g/mol. The van der Waals surface area contributed by atoms with Gasteiger partial charge in [0, 0.05) is 30.5 Å². The third-order valence-electron chi connectivity index (χ3n) is 9.61. The van der Waals surface area contributed by atoms with Gasteiger partial charge in [0.05, 0.1) is 19.8 Å². The lowest BCUT2D eigenvalue weighted by Gasteiger charge is -2.49. The molecule has 2 fully saturated rings. The number of ether oxygens (including phenoxy) is 3. The molecule has 7 heteroatoms. The van der Waals surface area contributed by atoms with Gasteiger partial charge < -0.3 is 24.4 Å². The van der Waals surface area contributed by atoms with Crippen molar-refractivity contribution in [1.29, 1.82) is 0 Å². The van der Waals surface area contributed by atoms with Gasteiger partial charge in [-0.1, -0.05) is 57.9 Å². The topological polar surface area (TPSA) is 88.5 Å². The van der Waals surface area contributed by atoms with Gasteiger partial charge in [0.2, 0.25) is 5.76 Å². The molecule has 0 saturated carbocycles. The molecule has 5 rings (SSSR count). The number of fused-ring (bicyclic) bond motifs is 3. The van der Waals surface area contributed by atoms with Crippen molar-refractivity contribution in [2.75, 3.05) is 20.3 Å². The molecule has 2 N–H and O–H groups in total. The van der Waals surface area contributed by atoms with E-state index in [4.69, 9.17) is 14.2 Å². The number of allylic oxidation sites excluding steroid dienone is 1. The number of aryl methyl sites for hydroxylation is 1. The molecule has 6 atom stereocenters. The van der Waals surface area contributed by atoms with Gasteiger partial charge in [0.25, 0.3) is 0 Å². The number of carbonyl (C=O) groups excluding carboxylic acids is 1. The Hall–Kier alpha value is -2.61. The number of unbranched alkanes of at least 4 members (excludes halogenated alkanes) is 2. The first-order valence-corrected chi connectivity index (χ1v) is 15.6. The normalized spacial score (nSPS) is 30.7. The second-order valence-corrected chi connectivity index (χ2v) is 12.2. The van der Waals surface area contributed by atoms with Crippen LogP contribution in [-0.4, -0.2) is 59.5 Å². The van der Waals surface area contributed by atoms with E-state index in [-0.39, 0.29) is 47.1 Å². The predicted molar refractivity (Wildman–Crippen MR) is 157 cm³/mol. The third kappa shape index (κ3) is 5.99. The van der Waals surface area contributed by atoms with Crippen molar-refractivity contribution < 1.29 is 29.2 Å². The minimum atomic E-state index is -0.592. The summed E-state index contributed by atoms with van der Waals surface area (Å²) in [6.07, 6.45) is 11.2. The zero-order valence-corrected chi connectivity index (χ0v) is 25.1. The number of carbonyl (C=O) groups is 1. The number of rotatable bonds is 10. The molecule has 0 aliphatic carbocycles. The maximum atomic E-state index is 12.5. The maximum Gasteiger partial charge on any atom is 0.345 e. The Bertz CT molecular complexity index is 1200. The van der Waals surface area contributed by atoms with Crippen LogP contribution in [0.15, 0.2) is 59.0 Å². The minimum Gasteiger partial charge on any atom is -0.492 e. The largest absolute Gasteiger partial charge is 0.492 e. The molecule has 0 bridgehead atoms. The van der Waals surface area contributed by atoms with Gasteiger partial charge in [-0.05, 0) is 68.1 Å². The third-order valence-corrected chi connectivity index (χ3v) is 9.61. The number of methoxy groups -OCH3 is 1. The first-order valence-electron chi connectivity index (χ1n) is 15.6. The van der Waals surface area contributed by atoms with Gasteiger partial charge in [-0.2, -0.15) is 0 Å². The first-order chi connectivity index (χ1) is 19.9. The first kappa shape index (κ1) is 29.9. The quantitative estimate of drug-likeness (QED) is 0.290. The van der Waals surface area contributed by atoms with E-state index in [9.17, 15) is 15.0 Å². The fraction of sp³-hybridized carbons (Fsp3) is 0.618. The number of benzene rings is 1. The van der Waals surface area contributed by atoms with Crippen LogP contribution in [0.25, 0.3) is 0 Å². The lowest BCUT2D eigenvalue weighted by atomic mass is 9.73. The Morgan fingerprint density at radius 2 is 1.95 bits per heavy atom. The molecule has 0 radical (unpaired) electrons. The van der Waals surface area contributed by atoms with Gasteiger partial charge >= 0.3 is 5.97 Å². The Morgan fingerprint density at radius 1 is 1.15 bits per heavy atom. The summed E-state index contributed by atoms with van der Waals surface area (Å²) in [5, 5.41) is 21.0. The molecule has 224 valence electrons. The molecular formula is C34H47NO6. The summed E-state index contributed by atoms with van der Waals surface area (Å²) >= 11 is 0. The molecule has 4 heterocycles. The number of hydrogen-bond donors (Lipinski definition) is 2. The number of hydrogen-bond acceptors (Lipinski definition) is 7. The summed E-state index contributed by atoms with van der Waals surface area (Å²) in [7, 11) is 1.48. The molecule has 0 aromatic heterocycles. The number of nitrogens with zero attached hydrogens (tertiary/aromatic N) is 1. The van der Waals surface area contributed by atoms with Crippen LogP contribution in [0.4, 0.5) is 0 Å². The number of aliphatic hydroxyl groups excluding tert-OH is 2. The van der Waals surface area contributed by atoms with Crippen LogP contribution in [0.3, 0.4) is 0 Å². The maximum absolute atomic E-state index is 12.5. The molecule has 4 aliphatic rings. The van der Waals surface area contributed by atoms with Crippen LogP contribution < -0.4 is 0 Å². The van der Waals surface area contributed by atoms with Gasteiger partial charge in [-0.25, -0.2) is 4.79 Å². The van der Waals surface area contributed by atoms with Crippen LogP contribution in [0.1, 0.15) is 76.8 Å². The van der Waals surface area contributed by atoms with E-state index in [0.717, 1.165) is 50.8 Å². The Morgan fingerprint density at radius 3 is 2.68 bits per heavy atom. The molecule has 6 unspecified atom stereocenters. The van der Waals surface area contributed by atoms with E-state index < -0.39 is 12.6 Å². The lowest BCUT2D eigenvalue weighted by molar-refractivity contribution is -0.133. The minimum absolute atomic E-state index is 0.0575. The van der Waals surface area contributed by atoms with Gasteiger partial charge in [-0.15, -0.1) is 0 Å². The number of piperidine rings is 1. The fourth-order valence-corrected chi connectivity index (χ4v) is 7.57. The summed E-state index contributed by atoms with van der Waals surface area (Å²) in [4.78, 5) is 15.0. The highest BCUT2D eigenvalue weighted by Crippen LogP contribution is 2.50. The highest BCUT2D eigenvalue weighted by atomic mass is 16.6. The number of cyclic esters (lactones) is 1. The molecule has 7 nitrogen and oxygen atoms in total. The summed E-state index contributed by atoms with van der Waals surface area (Å²) in [6.45, 7) is 6.88. The number of aliphatic hydroxyl groups is 2. The molecule has 1 aromatic carbocycles. The summed E-state index contributed by atoms with van der Waals surface area (Å²) in [5.41, 5.74) is 2.92. The van der Waals surface area contributed by atoms with Crippen molar-refractivity contribution in [3.8, 4) is 0 Å². The molecule has 0 amide bonds. The molecule has 4 aliphatic heterocycles. The van der Waals surface area contributed by atoms with Crippen molar-refractivity contribution in [3.63, 3.8) is 0 Å². The summed E-state index contributed by atoms with van der Waals surface area (Å²) in [5.74, 6) is 1.91. The van der Waals surface area contributed by atoms with Crippen LogP contribution in [0, 0.1) is 17.8 Å². The molecule has 0 spiro atoms. The molecular weight excluding hydrogens is 518 g/mol. The zero-order valence-electron chi connectivity index (χ0n) is 25.1. The highest BCUT2D eigenvalue weighted by Gasteiger charge is 2.51. The van der Waals surface area contributed by atoms with E-state index >= 15 is 0 Å². The van der Waals surface area contributed by atoms with E-state index in [0.29, 0.717) is 11.7 Å².